The Kier molecular flexibility index (Phi) is 7.73. The highest BCUT2D eigenvalue weighted by atomic mass is 35.5. The number of amides is 2. The average molecular weight is 556 g/mol. The third-order valence-corrected chi connectivity index (χ3v) is 6.99. The molecule has 0 unspecified atom stereocenters. The first kappa shape index (κ1) is 27.8. The van der Waals surface area contributed by atoms with Crippen LogP contribution in [0.3, 0.4) is 0 Å². The maximum atomic E-state index is 14.4. The third kappa shape index (κ3) is 5.35. The number of nitrogens with one attached hydrogen (secondary N) is 2. The zero-order chi connectivity index (χ0) is 28.5. The van der Waals surface area contributed by atoms with E-state index in [1.54, 1.807) is 4.90 Å². The summed E-state index contributed by atoms with van der Waals surface area (Å²) in [6.45, 7) is 3.66. The lowest BCUT2D eigenvalue weighted by Crippen LogP contribution is -2.66. The van der Waals surface area contributed by atoms with E-state index in [-0.39, 0.29) is 35.3 Å². The van der Waals surface area contributed by atoms with Crippen molar-refractivity contribution in [3.63, 3.8) is 0 Å². The summed E-state index contributed by atoms with van der Waals surface area (Å²) in [7, 11) is 1.41. The summed E-state index contributed by atoms with van der Waals surface area (Å²) >= 11 is 5.90. The van der Waals surface area contributed by atoms with Gasteiger partial charge in [0, 0.05) is 26.2 Å². The van der Waals surface area contributed by atoms with E-state index in [2.05, 4.69) is 15.7 Å². The standard InChI is InChI=1S/C27H27ClFN5O5/c1-15(2)16-6-4-5-7-18(16)27(13-33(14-27)22-8-9-23(35)34(32-22)12-24(36)37)26(39)31-21-11-20(29)19(28)10-17(21)25(38)30-3/h4-11,15H,12-14H2,1-3H3,(H,30,38)(H,31,39)(H,36,37). The lowest BCUT2D eigenvalue weighted by atomic mass is 9.69. The zero-order valence-corrected chi connectivity index (χ0v) is 22.3. The fraction of sp³-hybridized carbons (Fsp3) is 0.296. The molecule has 0 radical (unpaired) electrons. The van der Waals surface area contributed by atoms with Gasteiger partial charge in [-0.25, -0.2) is 9.07 Å². The number of nitrogens with zero attached hydrogens (tertiary/aromatic N) is 3. The molecule has 2 aromatic carbocycles. The van der Waals surface area contributed by atoms with Crippen LogP contribution in [0.15, 0.2) is 53.3 Å². The highest BCUT2D eigenvalue weighted by molar-refractivity contribution is 6.31. The molecule has 2 amide bonds. The number of rotatable bonds is 8. The van der Waals surface area contributed by atoms with Gasteiger partial charge in [0.05, 0.1) is 16.3 Å². The van der Waals surface area contributed by atoms with Crippen LogP contribution in [0.5, 0.6) is 0 Å². The summed E-state index contributed by atoms with van der Waals surface area (Å²) in [5.41, 5.74) is -0.0417. The minimum atomic E-state index is -1.22. The predicted molar refractivity (Wildman–Crippen MR) is 144 cm³/mol. The number of carboxylic acids is 1. The van der Waals surface area contributed by atoms with E-state index in [1.165, 1.54) is 19.2 Å². The van der Waals surface area contributed by atoms with Gasteiger partial charge in [-0.3, -0.25) is 19.2 Å². The van der Waals surface area contributed by atoms with E-state index in [0.717, 1.165) is 27.9 Å². The summed E-state index contributed by atoms with van der Waals surface area (Å²) in [6.07, 6.45) is 0. The number of halogens is 2. The molecule has 0 saturated carbocycles. The van der Waals surface area contributed by atoms with Crippen LogP contribution >= 0.6 is 11.6 Å². The Morgan fingerprint density at radius 2 is 1.85 bits per heavy atom. The molecule has 2 heterocycles. The third-order valence-electron chi connectivity index (χ3n) is 6.70. The number of hydrogen-bond donors (Lipinski definition) is 3. The van der Waals surface area contributed by atoms with Crippen LogP contribution < -0.4 is 21.1 Å². The van der Waals surface area contributed by atoms with Crippen LogP contribution in [0.2, 0.25) is 5.02 Å². The summed E-state index contributed by atoms with van der Waals surface area (Å²) < 4.78 is 15.2. The van der Waals surface area contributed by atoms with Crippen molar-refractivity contribution in [1.82, 2.24) is 15.1 Å². The van der Waals surface area contributed by atoms with E-state index in [0.29, 0.717) is 5.82 Å². The fourth-order valence-corrected chi connectivity index (χ4v) is 4.87. The fourth-order valence-electron chi connectivity index (χ4n) is 4.70. The van der Waals surface area contributed by atoms with Gasteiger partial charge in [0.1, 0.15) is 23.6 Å². The van der Waals surface area contributed by atoms with Crippen molar-refractivity contribution < 1.29 is 23.9 Å². The van der Waals surface area contributed by atoms with Crippen molar-refractivity contribution in [1.29, 1.82) is 0 Å². The quantitative estimate of drug-likeness (QED) is 0.389. The van der Waals surface area contributed by atoms with Gasteiger partial charge in [0.25, 0.3) is 11.5 Å². The van der Waals surface area contributed by atoms with Crippen LogP contribution in [0.4, 0.5) is 15.9 Å². The van der Waals surface area contributed by atoms with Crippen LogP contribution in [0.25, 0.3) is 0 Å². The molecule has 39 heavy (non-hydrogen) atoms. The van der Waals surface area contributed by atoms with Gasteiger partial charge in [-0.15, -0.1) is 0 Å². The molecule has 0 spiro atoms. The van der Waals surface area contributed by atoms with Gasteiger partial charge in [0.15, 0.2) is 0 Å². The van der Waals surface area contributed by atoms with Gasteiger partial charge >= 0.3 is 5.97 Å². The lowest BCUT2D eigenvalue weighted by molar-refractivity contribution is -0.138. The van der Waals surface area contributed by atoms with Crippen LogP contribution in [0, 0.1) is 5.82 Å². The Balaban J connectivity index is 1.75. The molecule has 0 aliphatic carbocycles. The molecule has 204 valence electrons. The van der Waals surface area contributed by atoms with E-state index in [9.17, 15) is 23.6 Å². The summed E-state index contributed by atoms with van der Waals surface area (Å²) in [6, 6.07) is 12.3. The molecule has 1 aliphatic rings. The van der Waals surface area contributed by atoms with Gasteiger partial charge in [-0.05, 0) is 35.2 Å². The van der Waals surface area contributed by atoms with Gasteiger partial charge in [-0.1, -0.05) is 49.7 Å². The number of carbonyl (C=O) groups is 3. The monoisotopic (exact) mass is 555 g/mol. The zero-order valence-electron chi connectivity index (χ0n) is 21.5. The Bertz CT molecular complexity index is 1520. The van der Waals surface area contributed by atoms with Crippen molar-refractivity contribution in [3.05, 3.63) is 86.4 Å². The molecule has 4 rings (SSSR count). The molecule has 1 aromatic heterocycles. The molecule has 3 N–H and O–H groups in total. The predicted octanol–water partition coefficient (Wildman–Crippen LogP) is 3.00. The van der Waals surface area contributed by atoms with Gasteiger partial charge in [0.2, 0.25) is 5.91 Å². The molecule has 0 bridgehead atoms. The van der Waals surface area contributed by atoms with Crippen molar-refractivity contribution in [2.24, 2.45) is 0 Å². The van der Waals surface area contributed by atoms with E-state index in [4.69, 9.17) is 16.7 Å². The number of carboxylic acid groups (broad SMARTS) is 1. The van der Waals surface area contributed by atoms with Gasteiger partial charge < -0.3 is 20.6 Å². The highest BCUT2D eigenvalue weighted by Gasteiger charge is 2.52. The van der Waals surface area contributed by atoms with Crippen molar-refractivity contribution in [2.45, 2.75) is 31.7 Å². The second-order valence-electron chi connectivity index (χ2n) is 9.61. The van der Waals surface area contributed by atoms with E-state index in [1.807, 2.05) is 38.1 Å². The molecule has 1 aliphatic heterocycles. The normalized spacial score (nSPS) is 14.1. The maximum absolute atomic E-state index is 14.4. The summed E-state index contributed by atoms with van der Waals surface area (Å²) in [5, 5.41) is 18.2. The van der Waals surface area contributed by atoms with Crippen molar-refractivity contribution in [3.8, 4) is 0 Å². The van der Waals surface area contributed by atoms with Gasteiger partial charge in [-0.2, -0.15) is 5.10 Å². The molecule has 1 saturated heterocycles. The number of anilines is 2. The van der Waals surface area contributed by atoms with Crippen molar-refractivity contribution in [2.75, 3.05) is 30.4 Å². The maximum Gasteiger partial charge on any atom is 0.325 e. The molecule has 10 nitrogen and oxygen atoms in total. The smallest absolute Gasteiger partial charge is 0.325 e. The molecule has 3 aromatic rings. The second kappa shape index (κ2) is 10.9. The average Bonchev–Trinajstić information content (AvgIpc) is 2.86. The first-order valence-electron chi connectivity index (χ1n) is 12.1. The van der Waals surface area contributed by atoms with E-state index < -0.39 is 41.1 Å². The first-order valence-corrected chi connectivity index (χ1v) is 12.5. The highest BCUT2D eigenvalue weighted by Crippen LogP contribution is 2.41. The van der Waals surface area contributed by atoms with Crippen LogP contribution in [0.1, 0.15) is 41.3 Å². The molecule has 1 fully saturated rings. The number of carbonyl (C=O) groups excluding carboxylic acids is 2. The number of hydrogen-bond acceptors (Lipinski definition) is 6. The summed E-state index contributed by atoms with van der Waals surface area (Å²) in [4.78, 5) is 51.4. The van der Waals surface area contributed by atoms with Crippen molar-refractivity contribution >= 4 is 40.9 Å². The molecule has 0 atom stereocenters. The minimum Gasteiger partial charge on any atom is -0.480 e. The minimum absolute atomic E-state index is 0.00291. The van der Waals surface area contributed by atoms with Crippen LogP contribution in [-0.4, -0.2) is 52.8 Å². The Morgan fingerprint density at radius 1 is 1.15 bits per heavy atom. The summed E-state index contributed by atoms with van der Waals surface area (Å²) in [5.74, 6) is -2.64. The van der Waals surface area contributed by atoms with E-state index >= 15 is 0 Å². The Morgan fingerprint density at radius 3 is 2.49 bits per heavy atom. The Hall–Kier alpha value is -4.25. The molecule has 12 heteroatoms. The Labute approximate surface area is 228 Å². The molecular weight excluding hydrogens is 529 g/mol. The first-order chi connectivity index (χ1) is 18.5. The topological polar surface area (TPSA) is 134 Å². The number of aromatic nitrogens is 2. The second-order valence-corrected chi connectivity index (χ2v) is 10.0. The SMILES string of the molecule is CNC(=O)c1cc(Cl)c(F)cc1NC(=O)C1(c2ccccc2C(C)C)CN(c2ccc(=O)n(CC(=O)O)n2)C1. The molecular formula is C27H27ClFN5O5. The largest absolute Gasteiger partial charge is 0.480 e. The number of aliphatic carboxylic acids is 1. The number of benzene rings is 2. The van der Waals surface area contributed by atoms with Crippen LogP contribution in [-0.2, 0) is 21.5 Å². The lowest BCUT2D eigenvalue weighted by Gasteiger charge is -2.50.